The van der Waals surface area contributed by atoms with Crippen molar-refractivity contribution in [1.29, 1.82) is 0 Å². The molecule has 3 aromatic rings. The topological polar surface area (TPSA) is 73.1 Å². The van der Waals surface area contributed by atoms with E-state index >= 15 is 0 Å². The van der Waals surface area contributed by atoms with Crippen molar-refractivity contribution in [3.8, 4) is 17.4 Å². The number of methoxy groups -OCH3 is 1. The lowest BCUT2D eigenvalue weighted by atomic mass is 10.2. The molecule has 29 heavy (non-hydrogen) atoms. The molecule has 0 unspecified atom stereocenters. The number of para-hydroxylation sites is 2. The Bertz CT molecular complexity index is 1240. The number of carbonyl (C=O) groups excluding carboxylic acids is 1. The van der Waals surface area contributed by atoms with E-state index < -0.39 is 0 Å². The van der Waals surface area contributed by atoms with E-state index in [2.05, 4.69) is 4.98 Å². The van der Waals surface area contributed by atoms with Crippen LogP contribution in [0.2, 0.25) is 0 Å². The summed E-state index contributed by atoms with van der Waals surface area (Å²) in [4.78, 5) is 31.8. The van der Waals surface area contributed by atoms with Crippen LogP contribution < -0.4 is 15.0 Å². The molecule has 3 heterocycles. The molecule has 1 amide bonds. The number of fused-ring (bicyclic) bond motifs is 1. The van der Waals surface area contributed by atoms with Crippen LogP contribution in [-0.4, -0.2) is 38.7 Å². The van der Waals surface area contributed by atoms with Crippen LogP contribution in [0.1, 0.15) is 5.56 Å². The summed E-state index contributed by atoms with van der Waals surface area (Å²) in [7, 11) is 3.12. The number of nitrogens with zero attached hydrogens (tertiary/aromatic N) is 3. The number of likely N-dealkylation sites (N-methyl/N-ethyl adjacent to an activating group) is 1. The van der Waals surface area contributed by atoms with E-state index in [1.54, 1.807) is 49.6 Å². The summed E-state index contributed by atoms with van der Waals surface area (Å²) in [6, 6.07) is 12.2. The van der Waals surface area contributed by atoms with Crippen LogP contribution in [0.4, 0.5) is 0 Å². The molecule has 9 heteroatoms. The number of benzene rings is 1. The van der Waals surface area contributed by atoms with Gasteiger partial charge in [0.1, 0.15) is 15.5 Å². The van der Waals surface area contributed by atoms with Gasteiger partial charge in [-0.15, -0.1) is 0 Å². The number of thiocarbonyl (C=S) groups is 1. The Balaban J connectivity index is 1.91. The molecule has 0 atom stereocenters. The van der Waals surface area contributed by atoms with E-state index in [4.69, 9.17) is 21.7 Å². The number of rotatable bonds is 4. The third kappa shape index (κ3) is 3.50. The maximum absolute atomic E-state index is 13.2. The first-order valence-corrected chi connectivity index (χ1v) is 9.76. The Morgan fingerprint density at radius 3 is 2.52 bits per heavy atom. The van der Waals surface area contributed by atoms with Crippen molar-refractivity contribution >= 4 is 45.9 Å². The average molecular weight is 425 g/mol. The van der Waals surface area contributed by atoms with E-state index in [-0.39, 0.29) is 22.9 Å². The van der Waals surface area contributed by atoms with Gasteiger partial charge in [0.25, 0.3) is 11.5 Å². The fourth-order valence-electron chi connectivity index (χ4n) is 2.77. The zero-order valence-corrected chi connectivity index (χ0v) is 17.1. The Kier molecular flexibility index (Phi) is 5.08. The van der Waals surface area contributed by atoms with Crippen LogP contribution in [0.3, 0.4) is 0 Å². The van der Waals surface area contributed by atoms with Gasteiger partial charge in [0.15, 0.2) is 11.5 Å². The van der Waals surface area contributed by atoms with Gasteiger partial charge in [0.2, 0.25) is 5.88 Å². The summed E-state index contributed by atoms with van der Waals surface area (Å²) in [5.74, 6) is 0.695. The molecule has 1 aromatic carbocycles. The first-order chi connectivity index (χ1) is 14.0. The number of aromatic nitrogens is 2. The van der Waals surface area contributed by atoms with Gasteiger partial charge in [0.05, 0.1) is 12.0 Å². The summed E-state index contributed by atoms with van der Waals surface area (Å²) < 4.78 is 13.1. The lowest BCUT2D eigenvalue weighted by Crippen LogP contribution is -2.23. The van der Waals surface area contributed by atoms with Crippen molar-refractivity contribution in [1.82, 2.24) is 14.3 Å². The summed E-state index contributed by atoms with van der Waals surface area (Å²) in [6.45, 7) is 0. The monoisotopic (exact) mass is 425 g/mol. The molecule has 1 saturated heterocycles. The van der Waals surface area contributed by atoms with Crippen molar-refractivity contribution in [3.05, 3.63) is 69.5 Å². The number of hydrogen-bond donors (Lipinski definition) is 0. The predicted molar refractivity (Wildman–Crippen MR) is 115 cm³/mol. The summed E-state index contributed by atoms with van der Waals surface area (Å²) >= 11 is 6.30. The van der Waals surface area contributed by atoms with E-state index in [1.807, 2.05) is 6.07 Å². The third-order valence-corrected chi connectivity index (χ3v) is 5.76. The second-order valence-electron chi connectivity index (χ2n) is 6.06. The predicted octanol–water partition coefficient (Wildman–Crippen LogP) is 3.33. The molecule has 0 bridgehead atoms. The molecule has 1 aliphatic rings. The SMILES string of the molecule is COc1ccccc1Oc1nc2ccccn2c(=O)c1/C=C1\SC(=S)N(C)C1=O. The van der Waals surface area contributed by atoms with Crippen molar-refractivity contribution in [3.63, 3.8) is 0 Å². The minimum Gasteiger partial charge on any atom is -0.493 e. The standard InChI is InChI=1S/C20H15N3O4S2/c1-22-19(25)15(29-20(22)28)11-12-17(27-14-8-4-3-7-13(14)26-2)21-16-9-5-6-10-23(16)18(12)24/h3-11H,1-2H3/b15-11-. The molecule has 4 rings (SSSR count). The number of carbonyl (C=O) groups is 1. The van der Waals surface area contributed by atoms with Gasteiger partial charge in [0, 0.05) is 13.2 Å². The van der Waals surface area contributed by atoms with Gasteiger partial charge in [-0.1, -0.05) is 42.2 Å². The molecule has 0 radical (unpaired) electrons. The molecule has 1 fully saturated rings. The van der Waals surface area contributed by atoms with E-state index in [9.17, 15) is 9.59 Å². The van der Waals surface area contributed by atoms with Crippen LogP contribution in [0.15, 0.2) is 58.4 Å². The lowest BCUT2D eigenvalue weighted by molar-refractivity contribution is -0.121. The number of thioether (sulfide) groups is 1. The molecule has 0 aliphatic carbocycles. The number of pyridine rings is 1. The number of amides is 1. The Morgan fingerprint density at radius 1 is 1.10 bits per heavy atom. The van der Waals surface area contributed by atoms with Gasteiger partial charge in [-0.25, -0.2) is 0 Å². The first kappa shape index (κ1) is 19.2. The van der Waals surface area contributed by atoms with Crippen molar-refractivity contribution in [2.45, 2.75) is 0 Å². The Labute approximate surface area is 175 Å². The molecule has 0 N–H and O–H groups in total. The normalized spacial score (nSPS) is 15.4. The summed E-state index contributed by atoms with van der Waals surface area (Å²) in [6.07, 6.45) is 3.09. The largest absolute Gasteiger partial charge is 0.493 e. The fourth-order valence-corrected chi connectivity index (χ4v) is 3.93. The molecular weight excluding hydrogens is 410 g/mol. The van der Waals surface area contributed by atoms with Gasteiger partial charge >= 0.3 is 0 Å². The molecule has 1 aliphatic heterocycles. The van der Waals surface area contributed by atoms with Gasteiger partial charge < -0.3 is 9.47 Å². The van der Waals surface area contributed by atoms with Crippen LogP contribution in [0.25, 0.3) is 11.7 Å². The number of hydrogen-bond acceptors (Lipinski definition) is 7. The lowest BCUT2D eigenvalue weighted by Gasteiger charge is -2.12. The zero-order valence-electron chi connectivity index (χ0n) is 15.5. The van der Waals surface area contributed by atoms with Crippen LogP contribution in [0, 0.1) is 0 Å². The first-order valence-electron chi connectivity index (χ1n) is 8.53. The van der Waals surface area contributed by atoms with Crippen LogP contribution in [0.5, 0.6) is 17.4 Å². The minimum atomic E-state index is -0.359. The summed E-state index contributed by atoms with van der Waals surface area (Å²) in [5.41, 5.74) is 0.206. The smallest absolute Gasteiger partial charge is 0.269 e. The van der Waals surface area contributed by atoms with E-state index in [1.165, 1.54) is 22.5 Å². The van der Waals surface area contributed by atoms with E-state index in [0.717, 1.165) is 11.8 Å². The van der Waals surface area contributed by atoms with Crippen LogP contribution in [-0.2, 0) is 4.79 Å². The highest BCUT2D eigenvalue weighted by atomic mass is 32.2. The van der Waals surface area contributed by atoms with Gasteiger partial charge in [-0.2, -0.15) is 4.98 Å². The van der Waals surface area contributed by atoms with Crippen molar-refractivity contribution in [2.75, 3.05) is 14.2 Å². The van der Waals surface area contributed by atoms with Crippen LogP contribution >= 0.6 is 24.0 Å². The molecule has 2 aromatic heterocycles. The zero-order chi connectivity index (χ0) is 20.5. The Morgan fingerprint density at radius 2 is 1.83 bits per heavy atom. The van der Waals surface area contributed by atoms with Gasteiger partial charge in [-0.05, 0) is 30.3 Å². The highest BCUT2D eigenvalue weighted by Gasteiger charge is 2.30. The van der Waals surface area contributed by atoms with E-state index in [0.29, 0.717) is 26.4 Å². The molecule has 7 nitrogen and oxygen atoms in total. The average Bonchev–Trinajstić information content (AvgIpc) is 2.98. The van der Waals surface area contributed by atoms with Crippen molar-refractivity contribution < 1.29 is 14.3 Å². The summed E-state index contributed by atoms with van der Waals surface area (Å²) in [5, 5.41) is 0. The van der Waals surface area contributed by atoms with Gasteiger partial charge in [-0.3, -0.25) is 18.9 Å². The third-order valence-electron chi connectivity index (χ3n) is 4.27. The Hall–Kier alpha value is -3.17. The molecule has 0 spiro atoms. The highest BCUT2D eigenvalue weighted by molar-refractivity contribution is 8.26. The molecular formula is C20H15N3O4S2. The highest BCUT2D eigenvalue weighted by Crippen LogP contribution is 2.35. The van der Waals surface area contributed by atoms with Crippen molar-refractivity contribution in [2.24, 2.45) is 0 Å². The quantitative estimate of drug-likeness (QED) is 0.469. The number of ether oxygens (including phenoxy) is 2. The second kappa shape index (κ2) is 7.69. The molecule has 146 valence electrons. The maximum atomic E-state index is 13.2. The minimum absolute atomic E-state index is 0.0760. The fraction of sp³-hybridized carbons (Fsp3) is 0.100. The second-order valence-corrected chi connectivity index (χ2v) is 7.73. The molecule has 0 saturated carbocycles. The maximum Gasteiger partial charge on any atom is 0.269 e.